The maximum Gasteiger partial charge on any atom is 0.331 e. The number of carboxylic acid groups (broad SMARTS) is 1. The molecule has 1 aromatic heterocycles. The molecule has 2 N–H and O–H groups in total. The van der Waals surface area contributed by atoms with Crippen LogP contribution in [0.4, 0.5) is 0 Å². The Kier molecular flexibility index (Phi) is 4.03. The third kappa shape index (κ3) is 3.17. The van der Waals surface area contributed by atoms with E-state index in [2.05, 4.69) is 4.98 Å². The topological polar surface area (TPSA) is 92.2 Å². The van der Waals surface area contributed by atoms with Gasteiger partial charge in [-0.25, -0.2) is 9.59 Å². The molecule has 0 amide bonds. The van der Waals surface area contributed by atoms with Gasteiger partial charge in [0.1, 0.15) is 0 Å². The minimum absolute atomic E-state index is 0.126. The van der Waals surface area contributed by atoms with Crippen molar-refractivity contribution >= 4 is 5.97 Å². The van der Waals surface area contributed by atoms with E-state index < -0.39 is 17.2 Å². The van der Waals surface area contributed by atoms with E-state index in [9.17, 15) is 14.4 Å². The highest BCUT2D eigenvalue weighted by atomic mass is 16.4. The standard InChI is InChI=1S/C11H14N2O4/c1-3-8-6-13(11(17)12-9(8)14)5-4-7(2)10(15)16/h4,6H,3,5H2,1-2H3,(H,15,16)(H,12,14,17). The van der Waals surface area contributed by atoms with Gasteiger partial charge in [0.25, 0.3) is 5.56 Å². The minimum atomic E-state index is -1.03. The number of allylic oxidation sites excluding steroid dienone is 1. The fourth-order valence-electron chi connectivity index (χ4n) is 1.26. The van der Waals surface area contributed by atoms with Gasteiger partial charge in [0.05, 0.1) is 0 Å². The van der Waals surface area contributed by atoms with Crippen molar-refractivity contribution in [1.29, 1.82) is 0 Å². The first kappa shape index (κ1) is 13.0. The molecular formula is C11H14N2O4. The van der Waals surface area contributed by atoms with Crippen molar-refractivity contribution in [2.75, 3.05) is 0 Å². The summed E-state index contributed by atoms with van der Waals surface area (Å²) in [5.41, 5.74) is -0.290. The number of H-pyrrole nitrogens is 1. The number of aliphatic carboxylic acids is 1. The molecule has 0 saturated carbocycles. The number of aromatic amines is 1. The van der Waals surface area contributed by atoms with Crippen LogP contribution in [0.2, 0.25) is 0 Å². The first-order chi connectivity index (χ1) is 7.95. The van der Waals surface area contributed by atoms with Crippen molar-refractivity contribution in [1.82, 2.24) is 9.55 Å². The van der Waals surface area contributed by atoms with Crippen LogP contribution in [0, 0.1) is 0 Å². The Morgan fingerprint density at radius 1 is 1.53 bits per heavy atom. The van der Waals surface area contributed by atoms with E-state index in [4.69, 9.17) is 5.11 Å². The summed E-state index contributed by atoms with van der Waals surface area (Å²) in [5, 5.41) is 8.66. The van der Waals surface area contributed by atoms with Crippen molar-refractivity contribution in [3.8, 4) is 0 Å². The van der Waals surface area contributed by atoms with Crippen LogP contribution in [0.15, 0.2) is 27.4 Å². The third-order valence-corrected chi connectivity index (χ3v) is 2.40. The predicted molar refractivity (Wildman–Crippen MR) is 62.1 cm³/mol. The second kappa shape index (κ2) is 5.29. The largest absolute Gasteiger partial charge is 0.478 e. The number of aryl methyl sites for hydroxylation is 1. The summed E-state index contributed by atoms with van der Waals surface area (Å²) >= 11 is 0. The van der Waals surface area contributed by atoms with Crippen LogP contribution < -0.4 is 11.2 Å². The molecule has 0 atom stereocenters. The molecule has 1 rings (SSSR count). The van der Waals surface area contributed by atoms with Gasteiger partial charge in [-0.15, -0.1) is 0 Å². The molecule has 0 bridgehead atoms. The van der Waals surface area contributed by atoms with E-state index in [1.807, 2.05) is 0 Å². The molecule has 0 saturated heterocycles. The quantitative estimate of drug-likeness (QED) is 0.729. The second-order valence-electron chi connectivity index (χ2n) is 3.61. The molecule has 1 aromatic rings. The molecule has 0 spiro atoms. The van der Waals surface area contributed by atoms with E-state index in [0.29, 0.717) is 12.0 Å². The number of nitrogens with one attached hydrogen (secondary N) is 1. The van der Waals surface area contributed by atoms with Gasteiger partial charge in [0.15, 0.2) is 0 Å². The Labute approximate surface area is 97.2 Å². The van der Waals surface area contributed by atoms with Crippen LogP contribution in [0.1, 0.15) is 19.4 Å². The van der Waals surface area contributed by atoms with Crippen molar-refractivity contribution in [2.24, 2.45) is 0 Å². The molecular weight excluding hydrogens is 224 g/mol. The number of rotatable bonds is 4. The van der Waals surface area contributed by atoms with Crippen LogP contribution in [-0.2, 0) is 17.8 Å². The molecule has 6 heteroatoms. The van der Waals surface area contributed by atoms with Gasteiger partial charge in [-0.3, -0.25) is 14.3 Å². The predicted octanol–water partition coefficient (Wildman–Crippen LogP) is 0.130. The molecule has 0 unspecified atom stereocenters. The van der Waals surface area contributed by atoms with Crippen LogP contribution >= 0.6 is 0 Å². The molecule has 92 valence electrons. The van der Waals surface area contributed by atoms with E-state index in [1.165, 1.54) is 23.8 Å². The Morgan fingerprint density at radius 3 is 2.71 bits per heavy atom. The molecule has 6 nitrogen and oxygen atoms in total. The fraction of sp³-hybridized carbons (Fsp3) is 0.364. The smallest absolute Gasteiger partial charge is 0.331 e. The lowest BCUT2D eigenvalue weighted by atomic mass is 10.2. The summed E-state index contributed by atoms with van der Waals surface area (Å²) in [6.45, 7) is 3.37. The Morgan fingerprint density at radius 2 is 2.18 bits per heavy atom. The van der Waals surface area contributed by atoms with Gasteiger partial charge in [0, 0.05) is 23.9 Å². The maximum atomic E-state index is 11.4. The first-order valence-electron chi connectivity index (χ1n) is 5.18. The van der Waals surface area contributed by atoms with Gasteiger partial charge in [-0.2, -0.15) is 0 Å². The lowest BCUT2D eigenvalue weighted by molar-refractivity contribution is -0.132. The maximum absolute atomic E-state index is 11.4. The summed E-state index contributed by atoms with van der Waals surface area (Å²) in [6.07, 6.45) is 3.38. The molecule has 0 aliphatic heterocycles. The minimum Gasteiger partial charge on any atom is -0.478 e. The average molecular weight is 238 g/mol. The summed E-state index contributed by atoms with van der Waals surface area (Å²) in [4.78, 5) is 35.5. The summed E-state index contributed by atoms with van der Waals surface area (Å²) in [7, 11) is 0. The Bertz CT molecular complexity index is 566. The van der Waals surface area contributed by atoms with Crippen molar-refractivity contribution in [3.63, 3.8) is 0 Å². The number of carbonyl (C=O) groups is 1. The summed E-state index contributed by atoms with van der Waals surface area (Å²) in [5.74, 6) is -1.03. The molecule has 1 heterocycles. The van der Waals surface area contributed by atoms with Crippen LogP contribution in [0.25, 0.3) is 0 Å². The normalized spacial score (nSPS) is 11.5. The molecule has 0 aliphatic carbocycles. The molecule has 0 aliphatic rings. The molecule has 17 heavy (non-hydrogen) atoms. The zero-order chi connectivity index (χ0) is 13.0. The molecule has 0 radical (unpaired) electrons. The average Bonchev–Trinajstić information content (AvgIpc) is 2.27. The van der Waals surface area contributed by atoms with Crippen molar-refractivity contribution in [2.45, 2.75) is 26.8 Å². The van der Waals surface area contributed by atoms with Crippen LogP contribution in [0.5, 0.6) is 0 Å². The molecule has 0 aromatic carbocycles. The van der Waals surface area contributed by atoms with E-state index in [0.717, 1.165) is 0 Å². The SMILES string of the molecule is CCc1cn(CC=C(C)C(=O)O)c(=O)[nH]c1=O. The number of carboxylic acids is 1. The third-order valence-electron chi connectivity index (χ3n) is 2.40. The highest BCUT2D eigenvalue weighted by molar-refractivity contribution is 5.85. The zero-order valence-corrected chi connectivity index (χ0v) is 9.69. The Balaban J connectivity index is 3.08. The van der Waals surface area contributed by atoms with Crippen molar-refractivity contribution in [3.05, 3.63) is 44.2 Å². The van der Waals surface area contributed by atoms with E-state index in [-0.39, 0.29) is 12.1 Å². The number of hydrogen-bond donors (Lipinski definition) is 2. The number of nitrogens with zero attached hydrogens (tertiary/aromatic N) is 1. The monoisotopic (exact) mass is 238 g/mol. The summed E-state index contributed by atoms with van der Waals surface area (Å²) in [6, 6.07) is 0. The Hall–Kier alpha value is -2.11. The first-order valence-corrected chi connectivity index (χ1v) is 5.18. The van der Waals surface area contributed by atoms with Crippen molar-refractivity contribution < 1.29 is 9.90 Å². The zero-order valence-electron chi connectivity index (χ0n) is 9.69. The summed E-state index contributed by atoms with van der Waals surface area (Å²) < 4.78 is 1.27. The van der Waals surface area contributed by atoms with Gasteiger partial charge >= 0.3 is 11.7 Å². The van der Waals surface area contributed by atoms with E-state index in [1.54, 1.807) is 6.92 Å². The van der Waals surface area contributed by atoms with Crippen LogP contribution in [0.3, 0.4) is 0 Å². The lowest BCUT2D eigenvalue weighted by Gasteiger charge is -2.03. The second-order valence-corrected chi connectivity index (χ2v) is 3.61. The van der Waals surface area contributed by atoms with Crippen LogP contribution in [-0.4, -0.2) is 20.6 Å². The van der Waals surface area contributed by atoms with Gasteiger partial charge in [-0.1, -0.05) is 13.0 Å². The highest BCUT2D eigenvalue weighted by Crippen LogP contribution is 1.95. The molecule has 0 fully saturated rings. The van der Waals surface area contributed by atoms with Gasteiger partial charge < -0.3 is 5.11 Å². The lowest BCUT2D eigenvalue weighted by Crippen LogP contribution is -2.31. The fourth-order valence-corrected chi connectivity index (χ4v) is 1.26. The van der Waals surface area contributed by atoms with Gasteiger partial charge in [0.2, 0.25) is 0 Å². The number of aromatic nitrogens is 2. The number of hydrogen-bond acceptors (Lipinski definition) is 3. The highest BCUT2D eigenvalue weighted by Gasteiger charge is 2.03. The van der Waals surface area contributed by atoms with E-state index >= 15 is 0 Å². The van der Waals surface area contributed by atoms with Gasteiger partial charge in [-0.05, 0) is 13.3 Å².